The van der Waals surface area contributed by atoms with Crippen molar-refractivity contribution in [3.8, 4) is 0 Å². The van der Waals surface area contributed by atoms with Gasteiger partial charge in [0.1, 0.15) is 0 Å². The molecule has 0 amide bonds. The molecule has 0 unspecified atom stereocenters. The highest BCUT2D eigenvalue weighted by Crippen LogP contribution is 2.13. The van der Waals surface area contributed by atoms with Crippen molar-refractivity contribution in [3.05, 3.63) is 65.2 Å². The van der Waals surface area contributed by atoms with Crippen molar-refractivity contribution in [3.63, 3.8) is 0 Å². The summed E-state index contributed by atoms with van der Waals surface area (Å²) in [6.07, 6.45) is 2.34. The Hall–Kier alpha value is -1.94. The van der Waals surface area contributed by atoms with Crippen LogP contribution in [0, 0.1) is 6.92 Å². The average molecular weight is 287 g/mol. The first-order valence-electron chi connectivity index (χ1n) is 6.47. The summed E-state index contributed by atoms with van der Waals surface area (Å²) in [6.45, 7) is 3.99. The van der Waals surface area contributed by atoms with Crippen molar-refractivity contribution < 1.29 is 8.42 Å². The molecule has 0 atom stereocenters. The predicted octanol–water partition coefficient (Wildman–Crippen LogP) is 3.37. The van der Waals surface area contributed by atoms with Crippen LogP contribution < -0.4 is 0 Å². The van der Waals surface area contributed by atoms with E-state index in [0.717, 1.165) is 17.5 Å². The van der Waals surface area contributed by atoms with Crippen molar-refractivity contribution in [2.75, 3.05) is 0 Å². The predicted molar refractivity (Wildman–Crippen MR) is 81.8 cm³/mol. The molecule has 0 fully saturated rings. The fraction of sp³-hybridized carbons (Fsp3) is 0.188. The van der Waals surface area contributed by atoms with Crippen LogP contribution in [0.15, 0.2) is 57.8 Å². The molecule has 0 bridgehead atoms. The molecule has 0 aliphatic heterocycles. The molecule has 0 N–H and O–H groups in total. The van der Waals surface area contributed by atoms with Gasteiger partial charge in [0.05, 0.1) is 4.90 Å². The topological polar surface area (TPSA) is 46.5 Å². The van der Waals surface area contributed by atoms with Crippen LogP contribution in [-0.2, 0) is 16.4 Å². The van der Waals surface area contributed by atoms with Gasteiger partial charge >= 0.3 is 0 Å². The molecule has 2 aromatic carbocycles. The zero-order valence-electron chi connectivity index (χ0n) is 11.6. The summed E-state index contributed by atoms with van der Waals surface area (Å²) >= 11 is 0. The number of nitrogens with zero attached hydrogens (tertiary/aromatic N) is 1. The standard InChI is InChI=1S/C16H17NO2S/c1-3-14-6-8-15(9-7-14)12-17-20(18,19)16-10-4-13(2)5-11-16/h4-12H,3H2,1-2H3. The number of aryl methyl sites for hydroxylation is 2. The summed E-state index contributed by atoms with van der Waals surface area (Å²) in [5.41, 5.74) is 3.00. The third-order valence-corrected chi connectivity index (χ3v) is 4.30. The van der Waals surface area contributed by atoms with Gasteiger partial charge < -0.3 is 0 Å². The van der Waals surface area contributed by atoms with Crippen molar-refractivity contribution in [1.82, 2.24) is 0 Å². The molecule has 0 aliphatic carbocycles. The highest BCUT2D eigenvalue weighted by atomic mass is 32.2. The molecule has 20 heavy (non-hydrogen) atoms. The maximum absolute atomic E-state index is 12.0. The van der Waals surface area contributed by atoms with Crippen LogP contribution in [0.4, 0.5) is 0 Å². The summed E-state index contributed by atoms with van der Waals surface area (Å²) < 4.78 is 27.8. The van der Waals surface area contributed by atoms with E-state index in [2.05, 4.69) is 11.3 Å². The Morgan fingerprint density at radius 2 is 1.60 bits per heavy atom. The molecule has 0 saturated heterocycles. The molecule has 0 radical (unpaired) electrons. The maximum atomic E-state index is 12.0. The van der Waals surface area contributed by atoms with Crippen LogP contribution in [0.3, 0.4) is 0 Å². The highest BCUT2D eigenvalue weighted by molar-refractivity contribution is 7.90. The van der Waals surface area contributed by atoms with Crippen LogP contribution in [0.1, 0.15) is 23.6 Å². The zero-order valence-corrected chi connectivity index (χ0v) is 12.4. The Labute approximate surface area is 120 Å². The van der Waals surface area contributed by atoms with E-state index in [1.807, 2.05) is 31.2 Å². The fourth-order valence-electron chi connectivity index (χ4n) is 1.74. The van der Waals surface area contributed by atoms with E-state index in [-0.39, 0.29) is 4.90 Å². The van der Waals surface area contributed by atoms with E-state index in [1.165, 1.54) is 11.8 Å². The first-order chi connectivity index (χ1) is 9.51. The first-order valence-corrected chi connectivity index (χ1v) is 7.91. The minimum atomic E-state index is -3.62. The van der Waals surface area contributed by atoms with Gasteiger partial charge in [0.2, 0.25) is 0 Å². The molecule has 2 aromatic rings. The van der Waals surface area contributed by atoms with Crippen molar-refractivity contribution >= 4 is 16.2 Å². The minimum Gasteiger partial charge on any atom is -0.199 e. The maximum Gasteiger partial charge on any atom is 0.282 e. The van der Waals surface area contributed by atoms with Crippen LogP contribution >= 0.6 is 0 Å². The van der Waals surface area contributed by atoms with E-state index in [1.54, 1.807) is 24.3 Å². The molecular weight excluding hydrogens is 270 g/mol. The largest absolute Gasteiger partial charge is 0.282 e. The summed E-state index contributed by atoms with van der Waals surface area (Å²) in [7, 11) is -3.62. The zero-order chi connectivity index (χ0) is 14.6. The number of hydrogen-bond acceptors (Lipinski definition) is 2. The summed E-state index contributed by atoms with van der Waals surface area (Å²) in [5.74, 6) is 0. The van der Waals surface area contributed by atoms with Gasteiger partial charge in [-0.05, 0) is 36.6 Å². The van der Waals surface area contributed by atoms with Crippen molar-refractivity contribution in [1.29, 1.82) is 0 Å². The minimum absolute atomic E-state index is 0.213. The summed E-state index contributed by atoms with van der Waals surface area (Å²) in [6, 6.07) is 14.3. The molecular formula is C16H17NO2S. The Kier molecular flexibility index (Phi) is 4.35. The van der Waals surface area contributed by atoms with E-state index < -0.39 is 10.0 Å². The lowest BCUT2D eigenvalue weighted by molar-refractivity contribution is 0.598. The Balaban J connectivity index is 2.22. The van der Waals surface area contributed by atoms with Gasteiger partial charge in [0.25, 0.3) is 10.0 Å². The number of sulfonamides is 1. The van der Waals surface area contributed by atoms with Gasteiger partial charge in [-0.15, -0.1) is 0 Å². The second kappa shape index (κ2) is 6.01. The molecule has 2 rings (SSSR count). The van der Waals surface area contributed by atoms with Gasteiger partial charge in [-0.3, -0.25) is 0 Å². The molecule has 0 spiro atoms. The van der Waals surface area contributed by atoms with Gasteiger partial charge in [-0.1, -0.05) is 48.9 Å². The Morgan fingerprint density at radius 3 is 2.15 bits per heavy atom. The van der Waals surface area contributed by atoms with Gasteiger partial charge in [-0.2, -0.15) is 12.8 Å². The second-order valence-electron chi connectivity index (χ2n) is 4.62. The lowest BCUT2D eigenvalue weighted by atomic mass is 10.1. The third-order valence-electron chi connectivity index (χ3n) is 3.05. The lowest BCUT2D eigenvalue weighted by Crippen LogP contribution is -1.97. The summed E-state index contributed by atoms with van der Waals surface area (Å²) in [5, 5.41) is 0. The number of rotatable bonds is 4. The SMILES string of the molecule is CCc1ccc(C=NS(=O)(=O)c2ccc(C)cc2)cc1. The fourth-order valence-corrected chi connectivity index (χ4v) is 2.60. The second-order valence-corrected chi connectivity index (χ2v) is 6.25. The van der Waals surface area contributed by atoms with Crippen LogP contribution in [0.5, 0.6) is 0 Å². The van der Waals surface area contributed by atoms with E-state index in [0.29, 0.717) is 0 Å². The molecule has 0 aromatic heterocycles. The van der Waals surface area contributed by atoms with E-state index in [4.69, 9.17) is 0 Å². The molecule has 104 valence electrons. The van der Waals surface area contributed by atoms with Gasteiger partial charge in [0.15, 0.2) is 0 Å². The summed E-state index contributed by atoms with van der Waals surface area (Å²) in [4.78, 5) is 0.213. The normalized spacial score (nSPS) is 11.9. The smallest absolute Gasteiger partial charge is 0.199 e. The van der Waals surface area contributed by atoms with Crippen molar-refractivity contribution in [2.45, 2.75) is 25.2 Å². The van der Waals surface area contributed by atoms with Gasteiger partial charge in [0, 0.05) is 6.21 Å². The Bertz CT molecular complexity index is 699. The van der Waals surface area contributed by atoms with E-state index >= 15 is 0 Å². The van der Waals surface area contributed by atoms with Crippen molar-refractivity contribution in [2.24, 2.45) is 4.40 Å². The lowest BCUT2D eigenvalue weighted by Gasteiger charge is -2.00. The quantitative estimate of drug-likeness (QED) is 0.809. The number of benzene rings is 2. The third kappa shape index (κ3) is 3.54. The van der Waals surface area contributed by atoms with E-state index in [9.17, 15) is 8.42 Å². The Morgan fingerprint density at radius 1 is 1.00 bits per heavy atom. The van der Waals surface area contributed by atoms with Crippen LogP contribution in [0.25, 0.3) is 0 Å². The first kappa shape index (κ1) is 14.5. The molecule has 0 heterocycles. The van der Waals surface area contributed by atoms with Crippen LogP contribution in [0.2, 0.25) is 0 Å². The monoisotopic (exact) mass is 287 g/mol. The molecule has 0 saturated carbocycles. The highest BCUT2D eigenvalue weighted by Gasteiger charge is 2.10. The molecule has 4 heteroatoms. The average Bonchev–Trinajstić information content (AvgIpc) is 2.46. The molecule has 0 aliphatic rings. The van der Waals surface area contributed by atoms with Crippen LogP contribution in [-0.4, -0.2) is 14.6 Å². The van der Waals surface area contributed by atoms with Gasteiger partial charge in [-0.25, -0.2) is 0 Å². The number of hydrogen-bond donors (Lipinski definition) is 0. The molecule has 3 nitrogen and oxygen atoms in total.